The Bertz CT molecular complexity index is 1520. The Labute approximate surface area is 205 Å². The van der Waals surface area contributed by atoms with Crippen LogP contribution in [-0.2, 0) is 9.84 Å². The van der Waals surface area contributed by atoms with Gasteiger partial charge in [-0.05, 0) is 81.9 Å². The van der Waals surface area contributed by atoms with Gasteiger partial charge in [-0.15, -0.1) is 0 Å². The predicted octanol–water partition coefficient (Wildman–Crippen LogP) is 4.56. The van der Waals surface area contributed by atoms with Crippen LogP contribution >= 0.6 is 0 Å². The second kappa shape index (κ2) is 9.09. The maximum absolute atomic E-state index is 14.2. The van der Waals surface area contributed by atoms with Gasteiger partial charge < -0.3 is 14.8 Å². The van der Waals surface area contributed by atoms with Gasteiger partial charge in [0, 0.05) is 34.3 Å². The number of sulfone groups is 1. The van der Waals surface area contributed by atoms with Crippen LogP contribution in [0.15, 0.2) is 59.6 Å². The molecule has 0 unspecified atom stereocenters. The van der Waals surface area contributed by atoms with E-state index in [9.17, 15) is 13.2 Å². The van der Waals surface area contributed by atoms with Crippen molar-refractivity contribution >= 4 is 43.4 Å². The minimum Gasteiger partial charge on any atom is -0.339 e. The molecule has 0 bridgehead atoms. The summed E-state index contributed by atoms with van der Waals surface area (Å²) >= 11 is 0. The van der Waals surface area contributed by atoms with Crippen LogP contribution in [0.25, 0.3) is 21.9 Å². The van der Waals surface area contributed by atoms with E-state index in [4.69, 9.17) is 0 Å². The molecule has 1 N–H and O–H groups in total. The number of carbonyl (C=O) groups is 1. The number of pyridine rings is 1. The first-order chi connectivity index (χ1) is 16.8. The van der Waals surface area contributed by atoms with Gasteiger partial charge in [0.1, 0.15) is 5.65 Å². The van der Waals surface area contributed by atoms with E-state index in [0.717, 1.165) is 53.4 Å². The molecule has 1 aliphatic rings. The van der Waals surface area contributed by atoms with Crippen molar-refractivity contribution in [3.8, 4) is 0 Å². The van der Waals surface area contributed by atoms with E-state index in [0.29, 0.717) is 11.3 Å². The van der Waals surface area contributed by atoms with Gasteiger partial charge >= 0.3 is 0 Å². The number of hydrogen-bond acceptors (Lipinski definition) is 5. The lowest BCUT2D eigenvalue weighted by Crippen LogP contribution is -2.47. The minimum atomic E-state index is -3.39. The Hall–Kier alpha value is -3.23. The van der Waals surface area contributed by atoms with Crippen molar-refractivity contribution in [2.24, 2.45) is 0 Å². The van der Waals surface area contributed by atoms with Crippen molar-refractivity contribution in [2.45, 2.75) is 37.6 Å². The molecule has 1 amide bonds. The largest absolute Gasteiger partial charge is 0.339 e. The molecule has 182 valence electrons. The fourth-order valence-corrected chi connectivity index (χ4v) is 5.96. The molecule has 35 heavy (non-hydrogen) atoms. The summed E-state index contributed by atoms with van der Waals surface area (Å²) in [6, 6.07) is 14.6. The van der Waals surface area contributed by atoms with Crippen LogP contribution in [0.1, 0.15) is 35.7 Å². The predicted molar refractivity (Wildman–Crippen MR) is 140 cm³/mol. The van der Waals surface area contributed by atoms with E-state index >= 15 is 0 Å². The van der Waals surface area contributed by atoms with Crippen molar-refractivity contribution < 1.29 is 13.2 Å². The smallest absolute Gasteiger partial charge is 0.258 e. The molecule has 0 saturated carbocycles. The Balaban J connectivity index is 1.62. The molecule has 0 radical (unpaired) electrons. The number of piperidine rings is 1. The number of benzene rings is 2. The van der Waals surface area contributed by atoms with E-state index in [1.165, 1.54) is 0 Å². The summed E-state index contributed by atoms with van der Waals surface area (Å²) in [6.45, 7) is 5.35. The summed E-state index contributed by atoms with van der Waals surface area (Å²) in [7, 11) is -1.31. The molecule has 8 heteroatoms. The van der Waals surface area contributed by atoms with E-state index in [1.54, 1.807) is 31.3 Å². The number of nitrogens with zero attached hydrogens (tertiary/aromatic N) is 3. The highest BCUT2D eigenvalue weighted by molar-refractivity contribution is 7.91. The Kier molecular flexibility index (Phi) is 6.11. The zero-order chi connectivity index (χ0) is 24.7. The Morgan fingerprint density at radius 2 is 1.89 bits per heavy atom. The number of hydrogen-bond donors (Lipinski definition) is 1. The van der Waals surface area contributed by atoms with Crippen LogP contribution in [0.3, 0.4) is 0 Å². The minimum absolute atomic E-state index is 0.0160. The monoisotopic (exact) mass is 490 g/mol. The lowest BCUT2D eigenvalue weighted by atomic mass is 9.98. The summed E-state index contributed by atoms with van der Waals surface area (Å²) in [5.74, 6) is -0.0976. The van der Waals surface area contributed by atoms with Crippen LogP contribution in [-0.4, -0.2) is 61.1 Å². The number of aromatic amines is 1. The zero-order valence-corrected chi connectivity index (χ0v) is 21.1. The van der Waals surface area contributed by atoms with Crippen molar-refractivity contribution in [3.63, 3.8) is 0 Å². The number of aromatic nitrogens is 2. The van der Waals surface area contributed by atoms with Gasteiger partial charge in [-0.2, -0.15) is 0 Å². The molecule has 3 heterocycles. The lowest BCUT2D eigenvalue weighted by Gasteiger charge is -2.37. The molecular weight excluding hydrogens is 460 g/mol. The normalized spacial score (nSPS) is 15.6. The van der Waals surface area contributed by atoms with E-state index < -0.39 is 9.84 Å². The van der Waals surface area contributed by atoms with Crippen molar-refractivity contribution in [1.29, 1.82) is 0 Å². The summed E-state index contributed by atoms with van der Waals surface area (Å²) in [5, 5.41) is 2.05. The molecule has 0 spiro atoms. The highest BCUT2D eigenvalue weighted by atomic mass is 32.2. The van der Waals surface area contributed by atoms with Gasteiger partial charge in [0.05, 0.1) is 16.2 Å². The standard InChI is InChI=1S/C27H30N4O3S/c1-4-35(33,34)21-8-5-7-20(17-21)31(19-12-15-30(3)16-13-19)27(32)22-10-11-23-24-9-6-14-28-26(24)29-25(23)18(22)2/h5-11,14,17,19H,4,12-13,15-16H2,1-3H3,(H,28,29). The third kappa shape index (κ3) is 4.21. The number of likely N-dealkylation sites (tertiary alicyclic amines) is 1. The molecule has 7 nitrogen and oxygen atoms in total. The number of fused-ring (bicyclic) bond motifs is 3. The third-order valence-corrected chi connectivity index (χ3v) is 8.88. The van der Waals surface area contributed by atoms with E-state index in [1.807, 2.05) is 42.2 Å². The molecule has 1 aliphatic heterocycles. The lowest BCUT2D eigenvalue weighted by molar-refractivity contribution is 0.0963. The number of aryl methyl sites for hydroxylation is 1. The molecule has 1 fully saturated rings. The maximum Gasteiger partial charge on any atom is 0.258 e. The molecule has 5 rings (SSSR count). The highest BCUT2D eigenvalue weighted by Crippen LogP contribution is 2.32. The molecule has 0 atom stereocenters. The second-order valence-corrected chi connectivity index (χ2v) is 11.6. The van der Waals surface area contributed by atoms with Crippen LogP contribution in [0, 0.1) is 6.92 Å². The van der Waals surface area contributed by atoms with Gasteiger partial charge in [-0.1, -0.05) is 19.1 Å². The number of anilines is 1. The Morgan fingerprint density at radius 3 is 2.63 bits per heavy atom. The summed E-state index contributed by atoms with van der Waals surface area (Å²) in [6.07, 6.45) is 3.40. The Morgan fingerprint density at radius 1 is 1.11 bits per heavy atom. The number of nitrogens with one attached hydrogen (secondary N) is 1. The second-order valence-electron chi connectivity index (χ2n) is 9.30. The first-order valence-corrected chi connectivity index (χ1v) is 13.7. The van der Waals surface area contributed by atoms with Crippen molar-refractivity contribution in [2.75, 3.05) is 30.8 Å². The van der Waals surface area contributed by atoms with Crippen molar-refractivity contribution in [3.05, 3.63) is 65.9 Å². The maximum atomic E-state index is 14.2. The van der Waals surface area contributed by atoms with Gasteiger partial charge in [0.2, 0.25) is 0 Å². The summed E-state index contributed by atoms with van der Waals surface area (Å²) in [5.41, 5.74) is 3.78. The topological polar surface area (TPSA) is 86.4 Å². The number of carbonyl (C=O) groups excluding carboxylic acids is 1. The third-order valence-electron chi connectivity index (χ3n) is 7.14. The molecule has 1 saturated heterocycles. The van der Waals surface area contributed by atoms with Gasteiger partial charge in [-0.25, -0.2) is 13.4 Å². The molecule has 0 aliphatic carbocycles. The highest BCUT2D eigenvalue weighted by Gasteiger charge is 2.31. The number of rotatable bonds is 5. The fraction of sp³-hybridized carbons (Fsp3) is 0.333. The molecule has 4 aromatic rings. The van der Waals surface area contributed by atoms with Gasteiger partial charge in [0.25, 0.3) is 5.91 Å². The first kappa shape index (κ1) is 23.5. The zero-order valence-electron chi connectivity index (χ0n) is 20.3. The number of amides is 1. The quantitative estimate of drug-likeness (QED) is 0.443. The average molecular weight is 491 g/mol. The first-order valence-electron chi connectivity index (χ1n) is 12.0. The molecule has 2 aromatic carbocycles. The fourth-order valence-electron chi connectivity index (χ4n) is 5.04. The number of H-pyrrole nitrogens is 1. The van der Waals surface area contributed by atoms with Crippen molar-refractivity contribution in [1.82, 2.24) is 14.9 Å². The molecule has 2 aromatic heterocycles. The van der Waals surface area contributed by atoms with E-state index in [2.05, 4.69) is 21.9 Å². The van der Waals surface area contributed by atoms with E-state index in [-0.39, 0.29) is 22.6 Å². The summed E-state index contributed by atoms with van der Waals surface area (Å²) in [4.78, 5) is 26.3. The average Bonchev–Trinajstić information content (AvgIpc) is 3.25. The van der Waals surface area contributed by atoms with Gasteiger partial charge in [-0.3, -0.25) is 4.79 Å². The summed E-state index contributed by atoms with van der Waals surface area (Å²) < 4.78 is 25.2. The SMILES string of the molecule is CCS(=O)(=O)c1cccc(N(C(=O)c2ccc3c([nH]c4ncccc43)c2C)C2CCN(C)CC2)c1. The van der Waals surface area contributed by atoms with Crippen LogP contribution in [0.2, 0.25) is 0 Å². The van der Waals surface area contributed by atoms with Crippen LogP contribution in [0.5, 0.6) is 0 Å². The van der Waals surface area contributed by atoms with Crippen LogP contribution in [0.4, 0.5) is 5.69 Å². The van der Waals surface area contributed by atoms with Gasteiger partial charge in [0.15, 0.2) is 9.84 Å². The molecular formula is C27H30N4O3S. The van der Waals surface area contributed by atoms with Crippen LogP contribution < -0.4 is 4.90 Å².